The molecule has 9 heteroatoms. The summed E-state index contributed by atoms with van der Waals surface area (Å²) in [4.78, 5) is 0. The van der Waals surface area contributed by atoms with Crippen molar-refractivity contribution >= 4 is 111 Å². The minimum absolute atomic E-state index is 0.328. The highest BCUT2D eigenvalue weighted by Gasteiger charge is 2.51. The number of aliphatic hydroxyl groups is 1. The van der Waals surface area contributed by atoms with Gasteiger partial charge in [-0.05, 0) is 153 Å². The monoisotopic (exact) mass is 958 g/mol. The van der Waals surface area contributed by atoms with E-state index in [-0.39, 0.29) is 18.3 Å². The predicted molar refractivity (Wildman–Crippen MR) is 241 cm³/mol. The normalized spacial score (nSPS) is 14.3. The number of aliphatic hydroxyl groups excluding tert-OH is 1. The standard InChI is InChI=1S/C19H13BrO.C18H19BO3.C7H6BrI.CH4O/c1-12-10-14(20)7-8-15(12)13-6-9-19-17(11-13)16-4-2-3-5-18(16)21-19;1-17(2)18(3,4)22-19(21-17)12-9-10-16-14(11-12)13-7-5-6-8-15(13)20-16;1-5-4-6(8)2-3-7(5)9;1-2/h2-11H,1H3;5-11H,1-4H3;2-4H,1H3;2H,1H3. The molecular weight excluding hydrogens is 918 g/mol. The van der Waals surface area contributed by atoms with Crippen molar-refractivity contribution in [2.75, 3.05) is 7.11 Å². The van der Waals surface area contributed by atoms with Crippen LogP contribution in [0, 0.1) is 17.4 Å². The average Bonchev–Trinajstić information content (AvgIpc) is 3.78. The van der Waals surface area contributed by atoms with Crippen LogP contribution in [0.1, 0.15) is 38.8 Å². The zero-order chi connectivity index (χ0) is 38.8. The van der Waals surface area contributed by atoms with Gasteiger partial charge < -0.3 is 23.2 Å². The first-order valence-electron chi connectivity index (χ1n) is 17.6. The van der Waals surface area contributed by atoms with Crippen LogP contribution in [-0.4, -0.2) is 30.5 Å². The van der Waals surface area contributed by atoms with Crippen LogP contribution >= 0.6 is 54.5 Å². The molecule has 54 heavy (non-hydrogen) atoms. The minimum atomic E-state index is -0.344. The van der Waals surface area contributed by atoms with Crippen LogP contribution in [0.3, 0.4) is 0 Å². The first-order valence-corrected chi connectivity index (χ1v) is 20.3. The Morgan fingerprint density at radius 2 is 1.02 bits per heavy atom. The SMILES string of the molecule is CC1(C)OB(c2ccc3oc4ccccc4c3c2)OC1(C)C.CO.Cc1cc(Br)ccc1-c1ccc2oc3ccccc3c2c1.Cc1cc(Br)ccc1I. The summed E-state index contributed by atoms with van der Waals surface area (Å²) in [6, 6.07) is 41.4. The summed E-state index contributed by atoms with van der Waals surface area (Å²) in [7, 11) is 0.656. The Kier molecular flexibility index (Phi) is 12.5. The minimum Gasteiger partial charge on any atom is -0.456 e. The summed E-state index contributed by atoms with van der Waals surface area (Å²) in [5.74, 6) is 0. The second-order valence-corrected chi connectivity index (χ2v) is 17.1. The summed E-state index contributed by atoms with van der Waals surface area (Å²) >= 11 is 9.23. The number of furan rings is 2. The van der Waals surface area contributed by atoms with E-state index in [4.69, 9.17) is 23.2 Å². The van der Waals surface area contributed by atoms with Gasteiger partial charge in [-0.15, -0.1) is 0 Å². The summed E-state index contributed by atoms with van der Waals surface area (Å²) < 4.78 is 27.6. The fourth-order valence-electron chi connectivity index (χ4n) is 6.32. The average molecular weight is 960 g/mol. The van der Waals surface area contributed by atoms with Crippen LogP contribution in [0.25, 0.3) is 55.0 Å². The molecule has 0 bridgehead atoms. The number of hydrogen-bond donors (Lipinski definition) is 1. The van der Waals surface area contributed by atoms with Crippen LogP contribution in [0.4, 0.5) is 0 Å². The van der Waals surface area contributed by atoms with Crippen LogP contribution in [0.2, 0.25) is 0 Å². The third-order valence-corrected chi connectivity index (χ3v) is 12.1. The second-order valence-electron chi connectivity index (χ2n) is 14.1. The van der Waals surface area contributed by atoms with Gasteiger partial charge in [-0.3, -0.25) is 0 Å². The lowest BCUT2D eigenvalue weighted by Crippen LogP contribution is -2.41. The largest absolute Gasteiger partial charge is 0.494 e. The topological polar surface area (TPSA) is 65.0 Å². The number of fused-ring (bicyclic) bond motifs is 6. The smallest absolute Gasteiger partial charge is 0.456 e. The van der Waals surface area contributed by atoms with E-state index >= 15 is 0 Å². The fourth-order valence-corrected chi connectivity index (χ4v) is 7.61. The van der Waals surface area contributed by atoms with E-state index < -0.39 is 0 Å². The third-order valence-electron chi connectivity index (χ3n) is 9.92. The van der Waals surface area contributed by atoms with Crippen molar-refractivity contribution in [3.05, 3.63) is 145 Å². The molecule has 0 unspecified atom stereocenters. The van der Waals surface area contributed by atoms with Gasteiger partial charge in [-0.2, -0.15) is 0 Å². The first-order chi connectivity index (χ1) is 25.8. The van der Waals surface area contributed by atoms with Gasteiger partial charge >= 0.3 is 7.12 Å². The van der Waals surface area contributed by atoms with Gasteiger partial charge in [0.05, 0.1) is 11.2 Å². The highest BCUT2D eigenvalue weighted by Crippen LogP contribution is 2.37. The van der Waals surface area contributed by atoms with Crippen molar-refractivity contribution in [2.24, 2.45) is 0 Å². The molecule has 0 amide bonds. The molecular formula is C45H42BBr2IO5. The van der Waals surface area contributed by atoms with E-state index in [0.29, 0.717) is 0 Å². The number of benzene rings is 6. The molecule has 1 N–H and O–H groups in total. The summed E-state index contributed by atoms with van der Waals surface area (Å²) in [5, 5.41) is 11.6. The maximum Gasteiger partial charge on any atom is 0.494 e. The number of hydrogen-bond acceptors (Lipinski definition) is 5. The molecule has 0 saturated carbocycles. The molecule has 1 aliphatic heterocycles. The van der Waals surface area contributed by atoms with E-state index in [9.17, 15) is 0 Å². The molecule has 276 valence electrons. The van der Waals surface area contributed by atoms with Crippen molar-refractivity contribution in [1.29, 1.82) is 0 Å². The Morgan fingerprint density at radius 1 is 0.537 bits per heavy atom. The van der Waals surface area contributed by atoms with E-state index in [1.165, 1.54) is 36.6 Å². The molecule has 2 aromatic heterocycles. The quantitative estimate of drug-likeness (QED) is 0.138. The van der Waals surface area contributed by atoms with E-state index in [1.807, 2.05) is 42.5 Å². The Morgan fingerprint density at radius 3 is 1.56 bits per heavy atom. The van der Waals surface area contributed by atoms with Gasteiger partial charge in [0.15, 0.2) is 0 Å². The molecule has 0 aliphatic carbocycles. The van der Waals surface area contributed by atoms with E-state index in [1.54, 1.807) is 0 Å². The molecule has 1 saturated heterocycles. The molecule has 6 aromatic carbocycles. The van der Waals surface area contributed by atoms with E-state index in [0.717, 1.165) is 54.6 Å². The van der Waals surface area contributed by atoms with Crippen molar-refractivity contribution in [3.63, 3.8) is 0 Å². The number of aryl methyl sites for hydroxylation is 2. The lowest BCUT2D eigenvalue weighted by atomic mass is 9.78. The molecule has 5 nitrogen and oxygen atoms in total. The zero-order valence-corrected chi connectivity index (χ0v) is 36.7. The van der Waals surface area contributed by atoms with Gasteiger partial charge in [0.2, 0.25) is 0 Å². The molecule has 0 spiro atoms. The number of halogens is 3. The van der Waals surface area contributed by atoms with Crippen molar-refractivity contribution < 1.29 is 23.2 Å². The van der Waals surface area contributed by atoms with Gasteiger partial charge in [-0.1, -0.05) is 92.5 Å². The maximum absolute atomic E-state index is 7.00. The lowest BCUT2D eigenvalue weighted by Gasteiger charge is -2.32. The van der Waals surface area contributed by atoms with Crippen molar-refractivity contribution in [3.8, 4) is 11.1 Å². The Hall–Kier alpha value is -3.45. The van der Waals surface area contributed by atoms with Gasteiger partial charge in [0.1, 0.15) is 22.3 Å². The summed E-state index contributed by atoms with van der Waals surface area (Å²) in [5.41, 5.74) is 9.11. The second kappa shape index (κ2) is 16.7. The lowest BCUT2D eigenvalue weighted by molar-refractivity contribution is 0.00578. The Bertz CT molecular complexity index is 2560. The third kappa shape index (κ3) is 8.52. The van der Waals surface area contributed by atoms with Gasteiger partial charge in [0.25, 0.3) is 0 Å². The molecule has 1 aliphatic rings. The molecule has 3 heterocycles. The van der Waals surface area contributed by atoms with Crippen LogP contribution in [0.15, 0.2) is 139 Å². The Labute approximate surface area is 347 Å². The van der Waals surface area contributed by atoms with Crippen molar-refractivity contribution in [2.45, 2.75) is 52.7 Å². The first kappa shape index (κ1) is 40.2. The predicted octanol–water partition coefficient (Wildman–Crippen LogP) is 13.2. The molecule has 8 aromatic rings. The summed E-state index contributed by atoms with van der Waals surface area (Å²) in [6.45, 7) is 12.5. The number of para-hydroxylation sites is 2. The molecule has 9 rings (SSSR count). The van der Waals surface area contributed by atoms with Crippen molar-refractivity contribution in [1.82, 2.24) is 0 Å². The van der Waals surface area contributed by atoms with Crippen LogP contribution in [-0.2, 0) is 9.31 Å². The zero-order valence-electron chi connectivity index (χ0n) is 31.3. The molecule has 1 fully saturated rings. The number of rotatable bonds is 2. The van der Waals surface area contributed by atoms with Crippen LogP contribution < -0.4 is 5.46 Å². The molecule has 0 radical (unpaired) electrons. The fraction of sp³-hybridized carbons (Fsp3) is 0.200. The highest BCUT2D eigenvalue weighted by molar-refractivity contribution is 14.1. The van der Waals surface area contributed by atoms with E-state index in [2.05, 4.69) is 175 Å². The van der Waals surface area contributed by atoms with Gasteiger partial charge in [0, 0.05) is 41.2 Å². The van der Waals surface area contributed by atoms with Crippen LogP contribution in [0.5, 0.6) is 0 Å². The van der Waals surface area contributed by atoms with Gasteiger partial charge in [-0.25, -0.2) is 0 Å². The molecule has 0 atom stereocenters. The summed E-state index contributed by atoms with van der Waals surface area (Å²) in [6.07, 6.45) is 0. The maximum atomic E-state index is 7.00. The Balaban J connectivity index is 0.000000146. The highest BCUT2D eigenvalue weighted by atomic mass is 127.